The first-order chi connectivity index (χ1) is 13.5. The second kappa shape index (κ2) is 10.7. The monoisotopic (exact) mass is 398 g/mol. The normalized spacial score (nSPS) is 9.64. The Morgan fingerprint density at radius 2 is 1.79 bits per heavy atom. The van der Waals surface area contributed by atoms with Crippen LogP contribution in [-0.4, -0.2) is 17.0 Å². The van der Waals surface area contributed by atoms with Gasteiger partial charge in [0.15, 0.2) is 0 Å². The number of carbonyl (C=O) groups excluding carboxylic acids is 3. The van der Waals surface area contributed by atoms with Crippen LogP contribution in [0.3, 0.4) is 0 Å². The molecule has 1 aromatic heterocycles. The van der Waals surface area contributed by atoms with Crippen molar-refractivity contribution in [3.05, 3.63) is 83.4 Å². The second-order valence-corrected chi connectivity index (χ2v) is 6.17. The minimum atomic E-state index is -0.371. The molecule has 1 heterocycles. The van der Waals surface area contributed by atoms with E-state index in [2.05, 4.69) is 10.3 Å². The Hall–Kier alpha value is -3.34. The van der Waals surface area contributed by atoms with E-state index in [1.54, 1.807) is 30.5 Å². The molecule has 0 aliphatic heterocycles. The molecule has 3 aromatic rings. The maximum absolute atomic E-state index is 13.3. The number of halogens is 2. The Bertz CT molecular complexity index is 989. The number of benzene rings is 2. The maximum atomic E-state index is 13.3. The minimum absolute atomic E-state index is 0.0832. The fourth-order valence-electron chi connectivity index (χ4n) is 2.52. The molecule has 2 aromatic carbocycles. The number of aromatic nitrogens is 1. The van der Waals surface area contributed by atoms with Crippen LogP contribution in [0.15, 0.2) is 67.0 Å². The second-order valence-electron chi connectivity index (χ2n) is 5.73. The summed E-state index contributed by atoms with van der Waals surface area (Å²) in [7, 11) is 0. The average Bonchev–Trinajstić information content (AvgIpc) is 2.67. The third-order valence-corrected chi connectivity index (χ3v) is 3.95. The van der Waals surface area contributed by atoms with Crippen molar-refractivity contribution in [3.8, 4) is 11.1 Å². The highest BCUT2D eigenvalue weighted by molar-refractivity contribution is 6.30. The summed E-state index contributed by atoms with van der Waals surface area (Å²) in [6.07, 6.45) is 3.97. The molecule has 5 nitrogen and oxygen atoms in total. The average molecular weight is 399 g/mol. The zero-order valence-electron chi connectivity index (χ0n) is 14.7. The van der Waals surface area contributed by atoms with Gasteiger partial charge in [-0.25, -0.2) is 4.39 Å². The molecular formula is C21H16ClFN2O3. The molecule has 7 heteroatoms. The van der Waals surface area contributed by atoms with E-state index in [-0.39, 0.29) is 17.9 Å². The van der Waals surface area contributed by atoms with Crippen molar-refractivity contribution in [3.63, 3.8) is 0 Å². The van der Waals surface area contributed by atoms with Gasteiger partial charge in [0.25, 0.3) is 0 Å². The molecule has 0 atom stereocenters. The zero-order valence-corrected chi connectivity index (χ0v) is 15.4. The molecule has 142 valence electrons. The van der Waals surface area contributed by atoms with Crippen LogP contribution in [0.4, 0.5) is 10.1 Å². The number of amides is 1. The van der Waals surface area contributed by atoms with Gasteiger partial charge in [-0.3, -0.25) is 9.78 Å². The minimum Gasteiger partial charge on any atom is -0.326 e. The molecule has 0 aliphatic rings. The number of aryl methyl sites for hydroxylation is 1. The van der Waals surface area contributed by atoms with Crippen LogP contribution in [0.25, 0.3) is 11.1 Å². The first-order valence-electron chi connectivity index (χ1n) is 8.26. The van der Waals surface area contributed by atoms with Crippen LogP contribution in [0.1, 0.15) is 12.0 Å². The molecular weight excluding hydrogens is 383 g/mol. The molecule has 0 saturated carbocycles. The molecule has 0 bridgehead atoms. The highest BCUT2D eigenvalue weighted by atomic mass is 35.5. The predicted octanol–water partition coefficient (Wildman–Crippen LogP) is 4.53. The lowest BCUT2D eigenvalue weighted by atomic mass is 10.0. The standard InChI is InChI=1S/C20H16ClFN2O.CO2/c21-17-5-2-6-19(11-17)24-20(25)8-7-14-3-1-4-15(9-14)16-10-18(22)13-23-12-16;2-1-3/h1-6,9-13H,7-8H2,(H,24,25);. The fourth-order valence-corrected chi connectivity index (χ4v) is 2.71. The third-order valence-electron chi connectivity index (χ3n) is 3.71. The lowest BCUT2D eigenvalue weighted by Gasteiger charge is -2.07. The number of nitrogens with one attached hydrogen (secondary N) is 1. The Balaban J connectivity index is 0.000000878. The van der Waals surface area contributed by atoms with Crippen LogP contribution in [-0.2, 0) is 20.8 Å². The van der Waals surface area contributed by atoms with E-state index in [0.29, 0.717) is 29.1 Å². The number of carbonyl (C=O) groups is 1. The van der Waals surface area contributed by atoms with Crippen LogP contribution >= 0.6 is 11.6 Å². The molecule has 3 rings (SSSR count). The lowest BCUT2D eigenvalue weighted by molar-refractivity contribution is -0.191. The van der Waals surface area contributed by atoms with E-state index in [1.165, 1.54) is 12.3 Å². The summed E-state index contributed by atoms with van der Waals surface area (Å²) < 4.78 is 13.3. The molecule has 1 N–H and O–H groups in total. The fraction of sp³-hybridized carbons (Fsp3) is 0.0952. The summed E-state index contributed by atoms with van der Waals surface area (Å²) >= 11 is 5.90. The van der Waals surface area contributed by atoms with Crippen molar-refractivity contribution < 1.29 is 18.8 Å². The van der Waals surface area contributed by atoms with E-state index < -0.39 is 0 Å². The summed E-state index contributed by atoms with van der Waals surface area (Å²) in [5, 5.41) is 3.40. The van der Waals surface area contributed by atoms with Gasteiger partial charge in [0.2, 0.25) is 5.91 Å². The summed E-state index contributed by atoms with van der Waals surface area (Å²) in [5.74, 6) is -0.455. The topological polar surface area (TPSA) is 76.1 Å². The quantitative estimate of drug-likeness (QED) is 0.685. The molecule has 0 saturated heterocycles. The van der Waals surface area contributed by atoms with Crippen molar-refractivity contribution in [2.75, 3.05) is 5.32 Å². The van der Waals surface area contributed by atoms with Crippen molar-refractivity contribution in [1.82, 2.24) is 4.98 Å². The third kappa shape index (κ3) is 6.76. The van der Waals surface area contributed by atoms with Crippen LogP contribution in [0.2, 0.25) is 5.02 Å². The molecule has 0 unspecified atom stereocenters. The van der Waals surface area contributed by atoms with E-state index in [1.807, 2.05) is 24.3 Å². The van der Waals surface area contributed by atoms with Gasteiger partial charge in [-0.2, -0.15) is 9.59 Å². The van der Waals surface area contributed by atoms with Crippen molar-refractivity contribution in [1.29, 1.82) is 0 Å². The van der Waals surface area contributed by atoms with E-state index in [0.717, 1.165) is 11.1 Å². The number of anilines is 1. The number of nitrogens with zero attached hydrogens (tertiary/aromatic N) is 1. The van der Waals surface area contributed by atoms with Crippen LogP contribution in [0.5, 0.6) is 0 Å². The van der Waals surface area contributed by atoms with Gasteiger partial charge >= 0.3 is 6.15 Å². The first kappa shape index (κ1) is 21.0. The summed E-state index contributed by atoms with van der Waals surface area (Å²) in [6.45, 7) is 0. The largest absolute Gasteiger partial charge is 0.373 e. The van der Waals surface area contributed by atoms with Gasteiger partial charge in [-0.05, 0) is 41.8 Å². The number of hydrogen-bond acceptors (Lipinski definition) is 4. The van der Waals surface area contributed by atoms with Gasteiger partial charge in [-0.1, -0.05) is 41.9 Å². The Kier molecular flexibility index (Phi) is 8.03. The van der Waals surface area contributed by atoms with Gasteiger partial charge in [0.1, 0.15) is 5.82 Å². The van der Waals surface area contributed by atoms with Gasteiger partial charge in [0.05, 0.1) is 6.20 Å². The highest BCUT2D eigenvalue weighted by Crippen LogP contribution is 2.21. The van der Waals surface area contributed by atoms with E-state index >= 15 is 0 Å². The molecule has 1 amide bonds. The first-order valence-corrected chi connectivity index (χ1v) is 8.64. The summed E-state index contributed by atoms with van der Waals surface area (Å²) in [6, 6.07) is 16.2. The lowest BCUT2D eigenvalue weighted by Crippen LogP contribution is -2.12. The molecule has 0 fully saturated rings. The van der Waals surface area contributed by atoms with Crippen molar-refractivity contribution in [2.24, 2.45) is 0 Å². The van der Waals surface area contributed by atoms with Crippen LogP contribution in [0, 0.1) is 5.82 Å². The Labute approximate surface area is 166 Å². The smallest absolute Gasteiger partial charge is 0.326 e. The van der Waals surface area contributed by atoms with Crippen LogP contribution < -0.4 is 5.32 Å². The molecule has 28 heavy (non-hydrogen) atoms. The van der Waals surface area contributed by atoms with E-state index in [4.69, 9.17) is 21.2 Å². The van der Waals surface area contributed by atoms with Gasteiger partial charge < -0.3 is 5.32 Å². The SMILES string of the molecule is O=C(CCc1cccc(-c2cncc(F)c2)c1)Nc1cccc(Cl)c1.O=C=O. The van der Waals surface area contributed by atoms with Gasteiger partial charge in [-0.15, -0.1) is 0 Å². The predicted molar refractivity (Wildman–Crippen MR) is 103 cm³/mol. The molecule has 0 aliphatic carbocycles. The van der Waals surface area contributed by atoms with E-state index in [9.17, 15) is 9.18 Å². The van der Waals surface area contributed by atoms with Crippen molar-refractivity contribution in [2.45, 2.75) is 12.8 Å². The zero-order chi connectivity index (χ0) is 20.4. The van der Waals surface area contributed by atoms with Crippen molar-refractivity contribution >= 4 is 29.3 Å². The summed E-state index contributed by atoms with van der Waals surface area (Å²) in [5.41, 5.74) is 3.27. The molecule has 0 radical (unpaired) electrons. The maximum Gasteiger partial charge on any atom is 0.373 e. The number of hydrogen-bond donors (Lipinski definition) is 1. The molecule has 0 spiro atoms. The Morgan fingerprint density at radius 3 is 2.50 bits per heavy atom. The highest BCUT2D eigenvalue weighted by Gasteiger charge is 2.06. The number of rotatable bonds is 5. The summed E-state index contributed by atoms with van der Waals surface area (Å²) in [4.78, 5) is 32.2. The number of pyridine rings is 1. The van der Waals surface area contributed by atoms with Gasteiger partial charge in [0, 0.05) is 28.9 Å². The Morgan fingerprint density at radius 1 is 1.04 bits per heavy atom.